The third kappa shape index (κ3) is 4.14. The minimum Gasteiger partial charge on any atom is -0.462 e. The fourth-order valence-electron chi connectivity index (χ4n) is 0.958. The first-order valence-corrected chi connectivity index (χ1v) is 6.21. The molecule has 0 spiro atoms. The van der Waals surface area contributed by atoms with E-state index < -0.39 is 10.1 Å². The molecule has 1 atom stereocenters. The van der Waals surface area contributed by atoms with Crippen molar-refractivity contribution in [2.45, 2.75) is 17.9 Å². The smallest absolute Gasteiger partial charge is 0.326 e. The average Bonchev–Trinajstić information content (AvgIpc) is 2.27. The van der Waals surface area contributed by atoms with Gasteiger partial charge in [-0.25, -0.2) is 0 Å². The van der Waals surface area contributed by atoms with E-state index in [1.807, 2.05) is 6.92 Å². The number of esters is 1. The van der Waals surface area contributed by atoms with Gasteiger partial charge in [-0.1, -0.05) is 17.7 Å². The van der Waals surface area contributed by atoms with Gasteiger partial charge in [0.05, 0.1) is 4.90 Å². The summed E-state index contributed by atoms with van der Waals surface area (Å²) in [7, 11) is -4.02. The molecule has 7 heteroatoms. The Balaban J connectivity index is 0.000000202. The van der Waals surface area contributed by atoms with Gasteiger partial charge in [-0.2, -0.15) is 8.42 Å². The van der Waals surface area contributed by atoms with Crippen molar-refractivity contribution < 1.29 is 22.5 Å². The fraction of sp³-hybridized carbons (Fsp3) is 0.300. The zero-order valence-electron chi connectivity index (χ0n) is 9.16. The number of hydrogen-bond donors (Lipinski definition) is 2. The Morgan fingerprint density at radius 3 is 2.06 bits per heavy atom. The van der Waals surface area contributed by atoms with Crippen LogP contribution in [0.25, 0.3) is 0 Å². The van der Waals surface area contributed by atoms with E-state index in [1.54, 1.807) is 12.1 Å². The van der Waals surface area contributed by atoms with Gasteiger partial charge in [-0.3, -0.25) is 9.35 Å². The number of carbonyl (C=O) groups is 1. The summed E-state index contributed by atoms with van der Waals surface area (Å²) in [4.78, 5) is 9.82. The molecule has 3 N–H and O–H groups in total. The Hall–Kier alpha value is -1.44. The number of hydrogen-bond acceptors (Lipinski definition) is 5. The molecule has 1 aromatic rings. The predicted molar refractivity (Wildman–Crippen MR) is 59.9 cm³/mol. The van der Waals surface area contributed by atoms with Crippen LogP contribution in [-0.2, 0) is 19.6 Å². The number of aryl methyl sites for hydroxylation is 1. The van der Waals surface area contributed by atoms with E-state index >= 15 is 0 Å². The highest BCUT2D eigenvalue weighted by Crippen LogP contribution is 2.08. The van der Waals surface area contributed by atoms with E-state index in [9.17, 15) is 13.2 Å². The molecule has 0 radical (unpaired) electrons. The van der Waals surface area contributed by atoms with E-state index in [0.29, 0.717) is 6.61 Å². The molecule has 2 rings (SSSR count). The molecule has 1 heterocycles. The number of nitrogens with two attached hydrogens (primary N) is 1. The van der Waals surface area contributed by atoms with Crippen LogP contribution in [0.3, 0.4) is 0 Å². The summed E-state index contributed by atoms with van der Waals surface area (Å²) < 4.78 is 33.8. The maximum atomic E-state index is 10.5. The lowest BCUT2D eigenvalue weighted by Crippen LogP contribution is -2.47. The first kappa shape index (κ1) is 13.6. The van der Waals surface area contributed by atoms with Crippen LogP contribution in [0.15, 0.2) is 29.2 Å². The molecule has 0 aromatic heterocycles. The minimum atomic E-state index is -4.02. The summed E-state index contributed by atoms with van der Waals surface area (Å²) in [6, 6.07) is 5.66. The Labute approximate surface area is 99.1 Å². The zero-order chi connectivity index (χ0) is 13.1. The van der Waals surface area contributed by atoms with Crippen LogP contribution in [-0.4, -0.2) is 31.6 Å². The standard InChI is InChI=1S/C7H8O3S.C3H5NO2/c1-6-2-4-7(5-3-6)11(8,9)10;4-2-1-6-3(2)5/h2-5H,1H3,(H,8,9,10);2H,1,4H2. The van der Waals surface area contributed by atoms with Crippen LogP contribution >= 0.6 is 0 Å². The molecule has 0 saturated carbocycles. The van der Waals surface area contributed by atoms with Crippen molar-refractivity contribution >= 4 is 16.1 Å². The lowest BCUT2D eigenvalue weighted by molar-refractivity contribution is -0.160. The third-order valence-corrected chi connectivity index (χ3v) is 2.89. The summed E-state index contributed by atoms with van der Waals surface area (Å²) in [5.74, 6) is -0.282. The summed E-state index contributed by atoms with van der Waals surface area (Å²) in [6.45, 7) is 2.24. The summed E-state index contributed by atoms with van der Waals surface area (Å²) in [5.41, 5.74) is 6.00. The van der Waals surface area contributed by atoms with Crippen molar-refractivity contribution in [1.82, 2.24) is 0 Å². The minimum absolute atomic E-state index is 0.0666. The largest absolute Gasteiger partial charge is 0.462 e. The molecule has 1 aliphatic rings. The van der Waals surface area contributed by atoms with Gasteiger partial charge in [0, 0.05) is 0 Å². The van der Waals surface area contributed by atoms with Crippen molar-refractivity contribution in [2.24, 2.45) is 5.73 Å². The Bertz CT molecular complexity index is 494. The van der Waals surface area contributed by atoms with Crippen molar-refractivity contribution in [2.75, 3.05) is 6.61 Å². The topological polar surface area (TPSA) is 107 Å². The highest BCUT2D eigenvalue weighted by atomic mass is 32.2. The third-order valence-electron chi connectivity index (χ3n) is 2.03. The van der Waals surface area contributed by atoms with Gasteiger partial charge in [0.15, 0.2) is 0 Å². The second kappa shape index (κ2) is 5.26. The first-order chi connectivity index (χ1) is 7.80. The van der Waals surface area contributed by atoms with Gasteiger partial charge in [0.1, 0.15) is 12.6 Å². The van der Waals surface area contributed by atoms with Crippen LogP contribution in [0.5, 0.6) is 0 Å². The van der Waals surface area contributed by atoms with Gasteiger partial charge in [0.2, 0.25) is 0 Å². The summed E-state index contributed by atoms with van der Waals surface area (Å²) in [5, 5.41) is 0. The lowest BCUT2D eigenvalue weighted by Gasteiger charge is -2.18. The monoisotopic (exact) mass is 259 g/mol. The quantitative estimate of drug-likeness (QED) is 0.547. The molecule has 0 amide bonds. The highest BCUT2D eigenvalue weighted by molar-refractivity contribution is 7.85. The van der Waals surface area contributed by atoms with Gasteiger partial charge < -0.3 is 10.5 Å². The van der Waals surface area contributed by atoms with E-state index in [0.717, 1.165) is 5.56 Å². The second-order valence-corrected chi connectivity index (χ2v) is 4.95. The Morgan fingerprint density at radius 2 is 1.82 bits per heavy atom. The summed E-state index contributed by atoms with van der Waals surface area (Å²) >= 11 is 0. The van der Waals surface area contributed by atoms with Crippen molar-refractivity contribution in [3.05, 3.63) is 29.8 Å². The molecular formula is C10H13NO5S. The van der Waals surface area contributed by atoms with Crippen LogP contribution < -0.4 is 5.73 Å². The van der Waals surface area contributed by atoms with Crippen LogP contribution in [0, 0.1) is 6.92 Å². The van der Waals surface area contributed by atoms with Crippen LogP contribution in [0.2, 0.25) is 0 Å². The van der Waals surface area contributed by atoms with Crippen molar-refractivity contribution in [3.63, 3.8) is 0 Å². The maximum absolute atomic E-state index is 10.5. The number of cyclic esters (lactones) is 1. The molecular weight excluding hydrogens is 246 g/mol. The fourth-order valence-corrected chi connectivity index (χ4v) is 1.44. The van der Waals surface area contributed by atoms with Gasteiger partial charge in [-0.05, 0) is 19.1 Å². The van der Waals surface area contributed by atoms with E-state index in [-0.39, 0.29) is 16.9 Å². The lowest BCUT2D eigenvalue weighted by atomic mass is 10.2. The molecule has 0 bridgehead atoms. The van der Waals surface area contributed by atoms with E-state index in [4.69, 9.17) is 10.3 Å². The zero-order valence-corrected chi connectivity index (χ0v) is 9.98. The Morgan fingerprint density at radius 1 is 1.35 bits per heavy atom. The molecule has 0 aliphatic carbocycles. The highest BCUT2D eigenvalue weighted by Gasteiger charge is 2.25. The van der Waals surface area contributed by atoms with Crippen molar-refractivity contribution in [3.8, 4) is 0 Å². The summed E-state index contributed by atoms with van der Waals surface area (Å²) in [6.07, 6.45) is 0. The molecule has 1 unspecified atom stereocenters. The average molecular weight is 259 g/mol. The predicted octanol–water partition coefficient (Wildman–Crippen LogP) is 0.112. The number of benzene rings is 1. The van der Waals surface area contributed by atoms with Gasteiger partial charge in [-0.15, -0.1) is 0 Å². The number of ether oxygens (including phenoxy) is 1. The van der Waals surface area contributed by atoms with E-state index in [1.165, 1.54) is 12.1 Å². The maximum Gasteiger partial charge on any atom is 0.326 e. The molecule has 94 valence electrons. The molecule has 1 aromatic carbocycles. The molecule has 17 heavy (non-hydrogen) atoms. The normalized spacial score (nSPS) is 18.5. The number of carbonyl (C=O) groups excluding carboxylic acids is 1. The SMILES string of the molecule is Cc1ccc(S(=O)(=O)O)cc1.NC1COC1=O. The Kier molecular flexibility index (Phi) is 4.22. The van der Waals surface area contributed by atoms with E-state index in [2.05, 4.69) is 4.74 Å². The van der Waals surface area contributed by atoms with Gasteiger partial charge in [0.25, 0.3) is 10.1 Å². The van der Waals surface area contributed by atoms with Crippen LogP contribution in [0.4, 0.5) is 0 Å². The molecule has 1 aliphatic heterocycles. The first-order valence-electron chi connectivity index (χ1n) is 4.77. The molecule has 1 saturated heterocycles. The molecule has 6 nitrogen and oxygen atoms in total. The molecule has 1 fully saturated rings. The van der Waals surface area contributed by atoms with Crippen molar-refractivity contribution in [1.29, 1.82) is 0 Å². The number of rotatable bonds is 1. The van der Waals surface area contributed by atoms with Gasteiger partial charge >= 0.3 is 5.97 Å². The van der Waals surface area contributed by atoms with Crippen LogP contribution in [0.1, 0.15) is 5.56 Å². The second-order valence-electron chi connectivity index (χ2n) is 3.52.